The highest BCUT2D eigenvalue weighted by atomic mass is 16.5. The summed E-state index contributed by atoms with van der Waals surface area (Å²) in [4.78, 5) is 23.0. The van der Waals surface area contributed by atoms with E-state index in [1.54, 1.807) is 7.11 Å². The number of hydrogen-bond acceptors (Lipinski definition) is 6. The zero-order valence-electron chi connectivity index (χ0n) is 13.3. The summed E-state index contributed by atoms with van der Waals surface area (Å²) >= 11 is 0. The Balaban J connectivity index is 1.86. The maximum Gasteiger partial charge on any atom is 0.335 e. The highest BCUT2D eigenvalue weighted by Crippen LogP contribution is 2.38. The summed E-state index contributed by atoms with van der Waals surface area (Å²) in [5, 5.41) is 0. The number of esters is 1. The van der Waals surface area contributed by atoms with Crippen LogP contribution in [0, 0.1) is 5.92 Å². The molecule has 0 amide bonds. The first-order chi connectivity index (χ1) is 10.6. The van der Waals surface area contributed by atoms with E-state index in [1.807, 2.05) is 20.0 Å². The second kappa shape index (κ2) is 5.94. The number of carbonyl (C=O) groups is 1. The molecule has 0 saturated carbocycles. The molecule has 2 aliphatic heterocycles. The lowest BCUT2D eigenvalue weighted by Crippen LogP contribution is -2.26. The molecule has 0 atom stereocenters. The van der Waals surface area contributed by atoms with Crippen molar-refractivity contribution in [3.8, 4) is 6.01 Å². The number of allylic oxidation sites excluding steroid dienone is 1. The zero-order chi connectivity index (χ0) is 15.7. The molecule has 1 aromatic heterocycles. The summed E-state index contributed by atoms with van der Waals surface area (Å²) < 4.78 is 10.5. The normalized spacial score (nSPS) is 16.6. The Morgan fingerprint density at radius 1 is 1.36 bits per heavy atom. The molecule has 6 nitrogen and oxygen atoms in total. The number of anilines is 1. The average Bonchev–Trinajstić information content (AvgIpc) is 2.96. The second-order valence-corrected chi connectivity index (χ2v) is 6.02. The van der Waals surface area contributed by atoms with Crippen molar-refractivity contribution in [2.24, 2.45) is 5.92 Å². The summed E-state index contributed by atoms with van der Waals surface area (Å²) in [5.41, 5.74) is 2.94. The molecule has 2 aliphatic rings. The minimum atomic E-state index is -0.185. The number of hydrogen-bond donors (Lipinski definition) is 0. The number of carbonyl (C=O) groups excluding carboxylic acids is 1. The van der Waals surface area contributed by atoms with Gasteiger partial charge in [-0.1, -0.05) is 13.8 Å². The summed E-state index contributed by atoms with van der Waals surface area (Å²) in [6.07, 6.45) is 4.19. The average molecular weight is 303 g/mol. The van der Waals surface area contributed by atoms with Gasteiger partial charge in [-0.25, -0.2) is 9.78 Å². The van der Waals surface area contributed by atoms with E-state index < -0.39 is 0 Å². The maximum absolute atomic E-state index is 12.3. The van der Waals surface area contributed by atoms with Crippen molar-refractivity contribution in [2.45, 2.75) is 33.1 Å². The van der Waals surface area contributed by atoms with E-state index in [9.17, 15) is 4.79 Å². The van der Waals surface area contributed by atoms with E-state index in [1.165, 1.54) is 0 Å². The molecular formula is C16H21N3O3. The van der Waals surface area contributed by atoms with Crippen LogP contribution in [0.5, 0.6) is 6.01 Å². The Kier molecular flexibility index (Phi) is 4.00. The van der Waals surface area contributed by atoms with Gasteiger partial charge in [0.25, 0.3) is 0 Å². The fraction of sp³-hybridized carbons (Fsp3) is 0.562. The first-order valence-corrected chi connectivity index (χ1v) is 7.66. The molecule has 0 N–H and O–H groups in total. The van der Waals surface area contributed by atoms with E-state index in [-0.39, 0.29) is 5.97 Å². The van der Waals surface area contributed by atoms with Gasteiger partial charge < -0.3 is 14.4 Å². The van der Waals surface area contributed by atoms with E-state index in [0.29, 0.717) is 25.0 Å². The van der Waals surface area contributed by atoms with E-state index in [0.717, 1.165) is 42.0 Å². The van der Waals surface area contributed by atoms with Crippen molar-refractivity contribution in [2.75, 3.05) is 25.2 Å². The largest absolute Gasteiger partial charge is 0.467 e. The first-order valence-electron chi connectivity index (χ1n) is 7.66. The van der Waals surface area contributed by atoms with Gasteiger partial charge in [-0.05, 0) is 25.2 Å². The predicted molar refractivity (Wildman–Crippen MR) is 81.7 cm³/mol. The van der Waals surface area contributed by atoms with Gasteiger partial charge in [-0.2, -0.15) is 4.98 Å². The molecule has 3 rings (SSSR count). The molecule has 0 unspecified atom stereocenters. The second-order valence-electron chi connectivity index (χ2n) is 6.02. The molecule has 0 spiro atoms. The Labute approximate surface area is 130 Å². The van der Waals surface area contributed by atoms with Gasteiger partial charge in [-0.15, -0.1) is 0 Å². The van der Waals surface area contributed by atoms with E-state index >= 15 is 0 Å². The summed E-state index contributed by atoms with van der Waals surface area (Å²) in [6.45, 7) is 5.29. The number of aromatic nitrogens is 2. The minimum absolute atomic E-state index is 0.185. The minimum Gasteiger partial charge on any atom is -0.467 e. The van der Waals surface area contributed by atoms with Gasteiger partial charge in [0, 0.05) is 24.0 Å². The van der Waals surface area contributed by atoms with Crippen molar-refractivity contribution >= 4 is 11.8 Å². The predicted octanol–water partition coefficient (Wildman–Crippen LogP) is 2.09. The van der Waals surface area contributed by atoms with Gasteiger partial charge in [0.1, 0.15) is 5.82 Å². The molecule has 0 fully saturated rings. The number of aryl methyl sites for hydroxylation is 1. The van der Waals surface area contributed by atoms with Crippen molar-refractivity contribution in [1.82, 2.24) is 9.97 Å². The van der Waals surface area contributed by atoms with Crippen LogP contribution < -0.4 is 9.64 Å². The van der Waals surface area contributed by atoms with Gasteiger partial charge in [0.2, 0.25) is 0 Å². The van der Waals surface area contributed by atoms with Crippen LogP contribution in [0.3, 0.4) is 0 Å². The number of nitrogens with zero attached hydrogens (tertiary/aromatic N) is 3. The third-order valence-electron chi connectivity index (χ3n) is 3.94. The first kappa shape index (κ1) is 14.8. The van der Waals surface area contributed by atoms with Crippen LogP contribution in [0.1, 0.15) is 32.3 Å². The standard InChI is InChI=1S/C16H21N3O3/c1-10(2)9-22-15(20)12-6-7-19-13(12)5-4-11-8-17-16(21-3)18-14(11)19/h8,10H,4-7,9H2,1-3H3. The maximum atomic E-state index is 12.3. The molecule has 3 heterocycles. The van der Waals surface area contributed by atoms with Crippen LogP contribution in [0.4, 0.5) is 5.82 Å². The smallest absolute Gasteiger partial charge is 0.335 e. The fourth-order valence-corrected chi connectivity index (χ4v) is 2.88. The monoisotopic (exact) mass is 303 g/mol. The molecule has 22 heavy (non-hydrogen) atoms. The summed E-state index contributed by atoms with van der Waals surface area (Å²) in [5.74, 6) is 1.02. The topological polar surface area (TPSA) is 64.6 Å². The van der Waals surface area contributed by atoms with Crippen LogP contribution in [0.25, 0.3) is 0 Å². The van der Waals surface area contributed by atoms with Crippen LogP contribution in [0.15, 0.2) is 17.5 Å². The molecule has 0 radical (unpaired) electrons. The lowest BCUT2D eigenvalue weighted by Gasteiger charge is -2.28. The highest BCUT2D eigenvalue weighted by molar-refractivity contribution is 5.91. The van der Waals surface area contributed by atoms with Crippen molar-refractivity contribution in [3.63, 3.8) is 0 Å². The SMILES string of the molecule is COc1ncc2c(n1)N1CCC(C(=O)OCC(C)C)=C1CC2. The van der Waals surface area contributed by atoms with Crippen molar-refractivity contribution in [1.29, 1.82) is 0 Å². The third kappa shape index (κ3) is 2.65. The van der Waals surface area contributed by atoms with Gasteiger partial charge in [-0.3, -0.25) is 0 Å². The quantitative estimate of drug-likeness (QED) is 0.794. The van der Waals surface area contributed by atoms with Crippen molar-refractivity contribution < 1.29 is 14.3 Å². The summed E-state index contributed by atoms with van der Waals surface area (Å²) in [6, 6.07) is 0.357. The fourth-order valence-electron chi connectivity index (χ4n) is 2.88. The van der Waals surface area contributed by atoms with Gasteiger partial charge in [0.15, 0.2) is 0 Å². The number of fused-ring (bicyclic) bond motifs is 3. The Morgan fingerprint density at radius 3 is 2.91 bits per heavy atom. The van der Waals surface area contributed by atoms with Crippen LogP contribution >= 0.6 is 0 Å². The van der Waals surface area contributed by atoms with Gasteiger partial charge >= 0.3 is 12.0 Å². The number of ether oxygens (including phenoxy) is 2. The molecule has 1 aromatic rings. The molecule has 6 heteroatoms. The van der Waals surface area contributed by atoms with E-state index in [4.69, 9.17) is 9.47 Å². The third-order valence-corrected chi connectivity index (χ3v) is 3.94. The van der Waals surface area contributed by atoms with E-state index in [2.05, 4.69) is 14.9 Å². The Hall–Kier alpha value is -2.11. The summed E-state index contributed by atoms with van der Waals surface area (Å²) in [7, 11) is 1.56. The molecule has 0 saturated heterocycles. The number of rotatable bonds is 4. The zero-order valence-corrected chi connectivity index (χ0v) is 13.3. The van der Waals surface area contributed by atoms with Crippen LogP contribution in [0.2, 0.25) is 0 Å². The highest BCUT2D eigenvalue weighted by Gasteiger charge is 2.33. The van der Waals surface area contributed by atoms with Gasteiger partial charge in [0.05, 0.1) is 19.3 Å². The molecule has 0 aromatic carbocycles. The lowest BCUT2D eigenvalue weighted by atomic mass is 10.0. The van der Waals surface area contributed by atoms with Crippen LogP contribution in [-0.2, 0) is 16.0 Å². The Morgan fingerprint density at radius 2 is 2.18 bits per heavy atom. The lowest BCUT2D eigenvalue weighted by molar-refractivity contribution is -0.140. The molecule has 0 bridgehead atoms. The molecule has 0 aliphatic carbocycles. The van der Waals surface area contributed by atoms with Crippen molar-refractivity contribution in [3.05, 3.63) is 23.0 Å². The number of methoxy groups -OCH3 is 1. The molecular weight excluding hydrogens is 282 g/mol. The molecule has 118 valence electrons. The van der Waals surface area contributed by atoms with Crippen LogP contribution in [-0.4, -0.2) is 36.2 Å². The Bertz CT molecular complexity index is 625.